The molecule has 1 unspecified atom stereocenters. The molecule has 1 heterocycles. The van der Waals surface area contributed by atoms with Crippen LogP contribution in [0.15, 0.2) is 53.4 Å². The topological polar surface area (TPSA) is 69.7 Å². The second kappa shape index (κ2) is 9.92. The Hall–Kier alpha value is -1.93. The lowest BCUT2D eigenvalue weighted by molar-refractivity contribution is 0.0930. The maximum Gasteiger partial charge on any atom is 0.253 e. The number of halogens is 1. The van der Waals surface area contributed by atoms with Crippen molar-refractivity contribution in [2.45, 2.75) is 30.2 Å². The number of sulfonamides is 1. The van der Waals surface area contributed by atoms with Crippen molar-refractivity contribution < 1.29 is 13.2 Å². The quantitative estimate of drug-likeness (QED) is 0.672. The molecule has 1 aliphatic rings. The second-order valence-corrected chi connectivity index (χ2v) is 10.2. The van der Waals surface area contributed by atoms with Crippen LogP contribution in [0.5, 0.6) is 0 Å². The summed E-state index contributed by atoms with van der Waals surface area (Å²) in [4.78, 5) is 15.1. The van der Waals surface area contributed by atoms with E-state index in [9.17, 15) is 13.2 Å². The summed E-state index contributed by atoms with van der Waals surface area (Å²) in [5, 5.41) is 3.26. The van der Waals surface area contributed by atoms with Crippen LogP contribution in [-0.4, -0.2) is 63.3 Å². The van der Waals surface area contributed by atoms with Crippen molar-refractivity contribution in [2.24, 2.45) is 0 Å². The highest BCUT2D eigenvalue weighted by Crippen LogP contribution is 2.25. The summed E-state index contributed by atoms with van der Waals surface area (Å²) in [5.74, 6) is -0.374. The number of likely N-dealkylation sites (N-methyl/N-ethyl adjacent to an activating group) is 1. The fraction of sp³-hybridized carbons (Fsp3) is 0.409. The fourth-order valence-electron chi connectivity index (χ4n) is 3.68. The Bertz CT molecular complexity index is 974. The molecule has 0 spiro atoms. The van der Waals surface area contributed by atoms with E-state index in [1.165, 1.54) is 22.5 Å². The number of carbonyl (C=O) groups excluding carboxylic acids is 1. The zero-order valence-corrected chi connectivity index (χ0v) is 18.9. The molecular formula is C22H28ClN3O3S. The van der Waals surface area contributed by atoms with E-state index in [1.54, 1.807) is 0 Å². The predicted octanol–water partition coefficient (Wildman–Crippen LogP) is 3.03. The summed E-state index contributed by atoms with van der Waals surface area (Å²) in [6.45, 7) is 1.66. The van der Waals surface area contributed by atoms with Crippen LogP contribution in [0, 0.1) is 0 Å². The van der Waals surface area contributed by atoms with Crippen molar-refractivity contribution in [2.75, 3.05) is 33.7 Å². The van der Waals surface area contributed by atoms with Gasteiger partial charge in [0.2, 0.25) is 10.0 Å². The lowest BCUT2D eigenvalue weighted by Crippen LogP contribution is -2.43. The predicted molar refractivity (Wildman–Crippen MR) is 119 cm³/mol. The van der Waals surface area contributed by atoms with Crippen LogP contribution >= 0.6 is 11.6 Å². The minimum atomic E-state index is -3.62. The number of carbonyl (C=O) groups is 1. The van der Waals surface area contributed by atoms with E-state index in [1.807, 2.05) is 49.3 Å². The van der Waals surface area contributed by atoms with Gasteiger partial charge in [0.25, 0.3) is 5.91 Å². The first-order chi connectivity index (χ1) is 14.3. The molecule has 1 amide bonds. The summed E-state index contributed by atoms with van der Waals surface area (Å²) >= 11 is 6.27. The Kier molecular flexibility index (Phi) is 7.52. The molecule has 0 saturated carbocycles. The molecule has 162 valence electrons. The molecule has 1 N–H and O–H groups in total. The SMILES string of the molecule is CN(C)CC(Cc1ccccc1)NC(=O)c1cc(S(=O)(=O)N2CCCC2)ccc1Cl. The van der Waals surface area contributed by atoms with Crippen molar-refractivity contribution >= 4 is 27.5 Å². The molecule has 1 fully saturated rings. The first-order valence-corrected chi connectivity index (χ1v) is 11.9. The summed E-state index contributed by atoms with van der Waals surface area (Å²) in [6, 6.07) is 14.1. The highest BCUT2D eigenvalue weighted by Gasteiger charge is 2.28. The van der Waals surface area contributed by atoms with Gasteiger partial charge in [0.15, 0.2) is 0 Å². The minimum Gasteiger partial charge on any atom is -0.348 e. The normalized spacial score (nSPS) is 16.0. The van der Waals surface area contributed by atoms with E-state index < -0.39 is 10.0 Å². The van der Waals surface area contributed by atoms with Crippen LogP contribution in [-0.2, 0) is 16.4 Å². The van der Waals surface area contributed by atoms with Gasteiger partial charge in [0, 0.05) is 25.7 Å². The highest BCUT2D eigenvalue weighted by atomic mass is 35.5. The molecule has 2 aromatic rings. The van der Waals surface area contributed by atoms with Crippen LogP contribution < -0.4 is 5.32 Å². The number of nitrogens with one attached hydrogen (secondary N) is 1. The van der Waals surface area contributed by atoms with E-state index in [0.717, 1.165) is 18.4 Å². The molecule has 0 radical (unpaired) electrons. The monoisotopic (exact) mass is 449 g/mol. The molecule has 0 aromatic heterocycles. The van der Waals surface area contributed by atoms with Crippen LogP contribution in [0.3, 0.4) is 0 Å². The zero-order chi connectivity index (χ0) is 21.7. The third kappa shape index (κ3) is 5.60. The van der Waals surface area contributed by atoms with Crippen LogP contribution in [0.4, 0.5) is 0 Å². The standard InChI is InChI=1S/C22H28ClN3O3S/c1-25(2)16-18(14-17-8-4-3-5-9-17)24-22(27)20-15-19(10-11-21(20)23)30(28,29)26-12-6-7-13-26/h3-5,8-11,15,18H,6-7,12-14,16H2,1-2H3,(H,24,27). The first-order valence-electron chi connectivity index (χ1n) is 10.1. The molecule has 6 nitrogen and oxygen atoms in total. The number of rotatable bonds is 8. The maximum atomic E-state index is 13.0. The van der Waals surface area contributed by atoms with Crippen molar-refractivity contribution in [3.05, 3.63) is 64.7 Å². The molecule has 0 aliphatic carbocycles. The molecule has 8 heteroatoms. The van der Waals surface area contributed by atoms with Crippen molar-refractivity contribution in [3.63, 3.8) is 0 Å². The van der Waals surface area contributed by atoms with E-state index in [-0.39, 0.29) is 27.4 Å². The van der Waals surface area contributed by atoms with Crippen molar-refractivity contribution in [1.29, 1.82) is 0 Å². The summed E-state index contributed by atoms with van der Waals surface area (Å²) < 4.78 is 27.2. The largest absolute Gasteiger partial charge is 0.348 e. The van der Waals surface area contributed by atoms with E-state index in [4.69, 9.17) is 11.6 Å². The van der Waals surface area contributed by atoms with Gasteiger partial charge < -0.3 is 10.2 Å². The van der Waals surface area contributed by atoms with Gasteiger partial charge in [0.1, 0.15) is 0 Å². The highest BCUT2D eigenvalue weighted by molar-refractivity contribution is 7.89. The number of hydrogen-bond donors (Lipinski definition) is 1. The Balaban J connectivity index is 1.81. The summed E-state index contributed by atoms with van der Waals surface area (Å²) in [7, 11) is 0.269. The van der Waals surface area contributed by atoms with Crippen LogP contribution in [0.2, 0.25) is 5.02 Å². The zero-order valence-electron chi connectivity index (χ0n) is 17.3. The van der Waals surface area contributed by atoms with Gasteiger partial charge in [-0.05, 0) is 57.1 Å². The number of benzene rings is 2. The average Bonchev–Trinajstić information content (AvgIpc) is 3.24. The van der Waals surface area contributed by atoms with Gasteiger partial charge in [-0.1, -0.05) is 41.9 Å². The number of nitrogens with zero attached hydrogens (tertiary/aromatic N) is 2. The number of amides is 1. The molecule has 3 rings (SSSR count). The minimum absolute atomic E-state index is 0.103. The van der Waals surface area contributed by atoms with Gasteiger partial charge >= 0.3 is 0 Å². The Morgan fingerprint density at radius 3 is 2.43 bits per heavy atom. The molecule has 30 heavy (non-hydrogen) atoms. The molecule has 1 aliphatic heterocycles. The maximum absolute atomic E-state index is 13.0. The second-order valence-electron chi connectivity index (χ2n) is 7.88. The van der Waals surface area contributed by atoms with E-state index in [0.29, 0.717) is 26.1 Å². The third-order valence-electron chi connectivity index (χ3n) is 5.13. The Morgan fingerprint density at radius 2 is 1.80 bits per heavy atom. The molecule has 0 bridgehead atoms. The molecule has 1 atom stereocenters. The summed E-state index contributed by atoms with van der Waals surface area (Å²) in [6.07, 6.45) is 2.37. The Labute approximate surface area is 183 Å². The third-order valence-corrected chi connectivity index (χ3v) is 7.36. The lowest BCUT2D eigenvalue weighted by Gasteiger charge is -2.23. The van der Waals surface area contributed by atoms with Gasteiger partial charge in [-0.2, -0.15) is 4.31 Å². The molecule has 2 aromatic carbocycles. The molecular weight excluding hydrogens is 422 g/mol. The van der Waals surface area contributed by atoms with Crippen molar-refractivity contribution in [3.8, 4) is 0 Å². The fourth-order valence-corrected chi connectivity index (χ4v) is 5.43. The van der Waals surface area contributed by atoms with Crippen LogP contribution in [0.25, 0.3) is 0 Å². The smallest absolute Gasteiger partial charge is 0.253 e. The summed E-state index contributed by atoms with van der Waals surface area (Å²) in [5.41, 5.74) is 1.29. The van der Waals surface area contributed by atoms with Crippen molar-refractivity contribution in [1.82, 2.24) is 14.5 Å². The van der Waals surface area contributed by atoms with Gasteiger partial charge in [-0.15, -0.1) is 0 Å². The van der Waals surface area contributed by atoms with Gasteiger partial charge in [-0.3, -0.25) is 4.79 Å². The van der Waals surface area contributed by atoms with E-state index in [2.05, 4.69) is 5.32 Å². The average molecular weight is 450 g/mol. The molecule has 1 saturated heterocycles. The lowest BCUT2D eigenvalue weighted by atomic mass is 10.0. The van der Waals surface area contributed by atoms with Gasteiger partial charge in [0.05, 0.1) is 15.5 Å². The Morgan fingerprint density at radius 1 is 1.13 bits per heavy atom. The van der Waals surface area contributed by atoms with Gasteiger partial charge in [-0.25, -0.2) is 8.42 Å². The number of hydrogen-bond acceptors (Lipinski definition) is 4. The van der Waals surface area contributed by atoms with Crippen LogP contribution in [0.1, 0.15) is 28.8 Å². The first kappa shape index (κ1) is 22.7. The van der Waals surface area contributed by atoms with E-state index >= 15 is 0 Å².